The summed E-state index contributed by atoms with van der Waals surface area (Å²) < 4.78 is 18.0. The zero-order chi connectivity index (χ0) is 11.7. The third-order valence-electron chi connectivity index (χ3n) is 2.66. The van der Waals surface area contributed by atoms with Crippen molar-refractivity contribution in [1.82, 2.24) is 4.57 Å². The molecule has 0 N–H and O–H groups in total. The van der Waals surface area contributed by atoms with Crippen molar-refractivity contribution >= 4 is 10.9 Å². The summed E-state index contributed by atoms with van der Waals surface area (Å²) >= 11 is 0. The van der Waals surface area contributed by atoms with Gasteiger partial charge in [0, 0.05) is 18.6 Å². The van der Waals surface area contributed by atoms with Crippen LogP contribution in [0.25, 0.3) is 10.9 Å². The highest BCUT2D eigenvalue weighted by molar-refractivity contribution is 5.91. The Balaban J connectivity index is 2.85. The van der Waals surface area contributed by atoms with Crippen molar-refractivity contribution in [2.75, 3.05) is 21.3 Å². The Kier molecular flexibility index (Phi) is 2.64. The minimum Gasteiger partial charge on any atom is -0.493 e. The first-order chi connectivity index (χ1) is 7.72. The van der Waals surface area contributed by atoms with Crippen molar-refractivity contribution in [3.8, 4) is 17.2 Å². The van der Waals surface area contributed by atoms with Crippen molar-refractivity contribution in [1.29, 1.82) is 0 Å². The molecular weight excluding hydrogens is 206 g/mol. The van der Waals surface area contributed by atoms with Crippen molar-refractivity contribution in [2.24, 2.45) is 7.05 Å². The van der Waals surface area contributed by atoms with Crippen molar-refractivity contribution in [3.63, 3.8) is 0 Å². The minimum atomic E-state index is 0.624. The van der Waals surface area contributed by atoms with E-state index in [9.17, 15) is 0 Å². The molecule has 0 bridgehead atoms. The summed E-state index contributed by atoms with van der Waals surface area (Å²) in [4.78, 5) is 0. The predicted octanol–water partition coefficient (Wildman–Crippen LogP) is 2.20. The average Bonchev–Trinajstić information content (AvgIpc) is 2.68. The Morgan fingerprint density at radius 3 is 2.25 bits per heavy atom. The maximum Gasteiger partial charge on any atom is 0.205 e. The van der Waals surface area contributed by atoms with Crippen molar-refractivity contribution < 1.29 is 14.2 Å². The summed E-state index contributed by atoms with van der Waals surface area (Å²) in [5.74, 6) is 2.00. The van der Waals surface area contributed by atoms with Gasteiger partial charge < -0.3 is 18.8 Å². The summed E-state index contributed by atoms with van der Waals surface area (Å²) in [5.41, 5.74) is 1.00. The SMILES string of the molecule is COc1cc2ccn(C)c2c(OC)c1OC. The van der Waals surface area contributed by atoms with Gasteiger partial charge in [-0.1, -0.05) is 0 Å². The number of hydrogen-bond donors (Lipinski definition) is 0. The molecule has 86 valence electrons. The van der Waals surface area contributed by atoms with Gasteiger partial charge in [0.25, 0.3) is 0 Å². The second kappa shape index (κ2) is 3.96. The number of rotatable bonds is 3. The predicted molar refractivity (Wildman–Crippen MR) is 62.6 cm³/mol. The van der Waals surface area contributed by atoms with Gasteiger partial charge in [0.15, 0.2) is 11.5 Å². The maximum atomic E-state index is 5.41. The molecule has 1 heterocycles. The van der Waals surface area contributed by atoms with Crippen molar-refractivity contribution in [2.45, 2.75) is 0 Å². The number of aryl methyl sites for hydroxylation is 1. The fourth-order valence-corrected chi connectivity index (χ4v) is 1.92. The van der Waals surface area contributed by atoms with Gasteiger partial charge in [-0.15, -0.1) is 0 Å². The van der Waals surface area contributed by atoms with Crippen molar-refractivity contribution in [3.05, 3.63) is 18.3 Å². The molecule has 0 atom stereocenters. The average molecular weight is 221 g/mol. The highest BCUT2D eigenvalue weighted by Gasteiger charge is 2.17. The lowest BCUT2D eigenvalue weighted by Gasteiger charge is -2.13. The Labute approximate surface area is 94.3 Å². The highest BCUT2D eigenvalue weighted by atomic mass is 16.5. The van der Waals surface area contributed by atoms with Gasteiger partial charge in [0.1, 0.15) is 0 Å². The van der Waals surface area contributed by atoms with Crippen LogP contribution in [0.5, 0.6) is 17.2 Å². The van der Waals surface area contributed by atoms with Crippen LogP contribution in [0.1, 0.15) is 0 Å². The Hall–Kier alpha value is -1.84. The summed E-state index contributed by atoms with van der Waals surface area (Å²) in [7, 11) is 6.82. The smallest absolute Gasteiger partial charge is 0.205 e. The van der Waals surface area contributed by atoms with Crippen LogP contribution >= 0.6 is 0 Å². The van der Waals surface area contributed by atoms with Crippen LogP contribution in [-0.4, -0.2) is 25.9 Å². The Morgan fingerprint density at radius 1 is 1.00 bits per heavy atom. The molecule has 2 aromatic rings. The van der Waals surface area contributed by atoms with E-state index in [1.807, 2.05) is 29.9 Å². The second-order valence-corrected chi connectivity index (χ2v) is 3.51. The van der Waals surface area contributed by atoms with Gasteiger partial charge in [-0.25, -0.2) is 0 Å². The standard InChI is InChI=1S/C12H15NO3/c1-13-6-5-8-7-9(14-2)11(15-3)12(16-4)10(8)13/h5-7H,1-4H3. The molecule has 1 aromatic heterocycles. The summed E-state index contributed by atoms with van der Waals surface area (Å²) in [6, 6.07) is 3.95. The number of fused-ring (bicyclic) bond motifs is 1. The van der Waals surface area contributed by atoms with Crippen LogP contribution in [0, 0.1) is 0 Å². The molecule has 0 aliphatic rings. The molecule has 2 rings (SSSR count). The molecule has 0 aliphatic carbocycles. The first-order valence-corrected chi connectivity index (χ1v) is 4.97. The minimum absolute atomic E-state index is 0.624. The lowest BCUT2D eigenvalue weighted by atomic mass is 10.2. The largest absolute Gasteiger partial charge is 0.493 e. The monoisotopic (exact) mass is 221 g/mol. The first-order valence-electron chi connectivity index (χ1n) is 4.97. The fourth-order valence-electron chi connectivity index (χ4n) is 1.92. The molecule has 16 heavy (non-hydrogen) atoms. The van der Waals surface area contributed by atoms with E-state index in [0.717, 1.165) is 10.9 Å². The van der Waals surface area contributed by atoms with Crippen LogP contribution in [-0.2, 0) is 7.05 Å². The summed E-state index contributed by atoms with van der Waals surface area (Å²) in [6.45, 7) is 0. The van der Waals surface area contributed by atoms with E-state index in [-0.39, 0.29) is 0 Å². The number of methoxy groups -OCH3 is 3. The van der Waals surface area contributed by atoms with Crippen LogP contribution in [0.3, 0.4) is 0 Å². The molecule has 0 radical (unpaired) electrons. The Bertz CT molecular complexity index is 516. The molecule has 0 spiro atoms. The molecular formula is C12H15NO3. The van der Waals surface area contributed by atoms with Crippen LogP contribution in [0.15, 0.2) is 18.3 Å². The quantitative estimate of drug-likeness (QED) is 0.796. The van der Waals surface area contributed by atoms with Gasteiger partial charge in [0.2, 0.25) is 5.75 Å². The molecule has 0 saturated heterocycles. The Morgan fingerprint density at radius 2 is 1.69 bits per heavy atom. The number of benzene rings is 1. The number of hydrogen-bond acceptors (Lipinski definition) is 3. The summed E-state index contributed by atoms with van der Waals surface area (Å²) in [6.07, 6.45) is 1.98. The lowest BCUT2D eigenvalue weighted by Crippen LogP contribution is -1.97. The first kappa shape index (κ1) is 10.7. The highest BCUT2D eigenvalue weighted by Crippen LogP contribution is 2.43. The molecule has 0 saturated carbocycles. The zero-order valence-electron chi connectivity index (χ0n) is 9.90. The van der Waals surface area contributed by atoms with E-state index in [4.69, 9.17) is 14.2 Å². The fraction of sp³-hybridized carbons (Fsp3) is 0.333. The lowest BCUT2D eigenvalue weighted by molar-refractivity contribution is 0.326. The van der Waals surface area contributed by atoms with Gasteiger partial charge in [0.05, 0.1) is 26.8 Å². The van der Waals surface area contributed by atoms with E-state index < -0.39 is 0 Å². The molecule has 0 fully saturated rings. The molecule has 4 nitrogen and oxygen atoms in total. The van der Waals surface area contributed by atoms with Crippen LogP contribution < -0.4 is 14.2 Å². The van der Waals surface area contributed by atoms with Crippen LogP contribution in [0.2, 0.25) is 0 Å². The van der Waals surface area contributed by atoms with Gasteiger partial charge in [-0.05, 0) is 12.1 Å². The molecule has 0 aliphatic heterocycles. The van der Waals surface area contributed by atoms with Crippen LogP contribution in [0.4, 0.5) is 0 Å². The normalized spacial score (nSPS) is 10.5. The topological polar surface area (TPSA) is 32.6 Å². The van der Waals surface area contributed by atoms with Gasteiger partial charge in [-0.2, -0.15) is 0 Å². The summed E-state index contributed by atoms with van der Waals surface area (Å²) in [5, 5.41) is 1.07. The maximum absolute atomic E-state index is 5.41. The van der Waals surface area contributed by atoms with E-state index >= 15 is 0 Å². The third kappa shape index (κ3) is 1.38. The molecule has 1 aromatic carbocycles. The van der Waals surface area contributed by atoms with Gasteiger partial charge >= 0.3 is 0 Å². The van der Waals surface area contributed by atoms with E-state index in [1.54, 1.807) is 21.3 Å². The molecule has 4 heteroatoms. The number of ether oxygens (including phenoxy) is 3. The second-order valence-electron chi connectivity index (χ2n) is 3.51. The molecule has 0 unspecified atom stereocenters. The van der Waals surface area contributed by atoms with E-state index in [2.05, 4.69) is 0 Å². The molecule has 0 amide bonds. The van der Waals surface area contributed by atoms with E-state index in [1.165, 1.54) is 0 Å². The third-order valence-corrected chi connectivity index (χ3v) is 2.66. The van der Waals surface area contributed by atoms with E-state index in [0.29, 0.717) is 17.2 Å². The zero-order valence-corrected chi connectivity index (χ0v) is 9.90. The number of aromatic nitrogens is 1. The number of nitrogens with zero attached hydrogens (tertiary/aromatic N) is 1. The van der Waals surface area contributed by atoms with Gasteiger partial charge in [-0.3, -0.25) is 0 Å².